The van der Waals surface area contributed by atoms with E-state index in [1.807, 2.05) is 30.3 Å². The van der Waals surface area contributed by atoms with Gasteiger partial charge in [0.25, 0.3) is 5.91 Å². The second-order valence-electron chi connectivity index (χ2n) is 6.11. The molecule has 1 aliphatic rings. The van der Waals surface area contributed by atoms with Gasteiger partial charge < -0.3 is 4.90 Å². The number of rotatable bonds is 5. The normalized spacial score (nSPS) is 15.8. The average molecular weight is 387 g/mol. The summed E-state index contributed by atoms with van der Waals surface area (Å²) in [6, 6.07) is 16.2. The number of nitrogens with one attached hydrogen (secondary N) is 1. The molecule has 7 nitrogen and oxygen atoms in total. The van der Waals surface area contributed by atoms with E-state index in [2.05, 4.69) is 4.90 Å². The lowest BCUT2D eigenvalue weighted by atomic mass is 10.2. The Morgan fingerprint density at radius 2 is 1.59 bits per heavy atom. The van der Waals surface area contributed by atoms with Crippen molar-refractivity contribution in [1.29, 1.82) is 0 Å². The summed E-state index contributed by atoms with van der Waals surface area (Å²) in [6.07, 6.45) is 2.65. The Morgan fingerprint density at radius 1 is 0.963 bits per heavy atom. The van der Waals surface area contributed by atoms with E-state index >= 15 is 0 Å². The Kier molecular flexibility index (Phi) is 5.90. The van der Waals surface area contributed by atoms with Crippen LogP contribution in [0.3, 0.4) is 0 Å². The van der Waals surface area contributed by atoms with Gasteiger partial charge in [-0.15, -0.1) is 0 Å². The molecule has 1 fully saturated rings. The first-order valence-corrected chi connectivity index (χ1v) is 9.97. The number of hydrogen-bond acceptors (Lipinski definition) is 5. The summed E-state index contributed by atoms with van der Waals surface area (Å²) in [5.74, 6) is -0.650. The first-order chi connectivity index (χ1) is 13.0. The molecule has 0 atom stereocenters. The van der Waals surface area contributed by atoms with Crippen LogP contribution >= 0.6 is 0 Å². The van der Waals surface area contributed by atoms with E-state index in [9.17, 15) is 13.2 Å². The van der Waals surface area contributed by atoms with Crippen LogP contribution in [0, 0.1) is 0 Å². The van der Waals surface area contributed by atoms with Crippen molar-refractivity contribution in [2.45, 2.75) is 4.90 Å². The van der Waals surface area contributed by atoms with E-state index in [1.54, 1.807) is 12.1 Å². The monoisotopic (exact) mass is 387 g/mol. The molecule has 0 aliphatic carbocycles. The van der Waals surface area contributed by atoms with Gasteiger partial charge in [0.15, 0.2) is 0 Å². The van der Waals surface area contributed by atoms with Crippen molar-refractivity contribution in [3.05, 3.63) is 66.2 Å². The fraction of sp³-hybridized carbons (Fsp3) is 0.211. The minimum absolute atomic E-state index is 0.222. The van der Waals surface area contributed by atoms with Crippen molar-refractivity contribution in [2.75, 3.05) is 31.1 Å². The molecule has 0 unspecified atom stereocenters. The zero-order valence-electron chi connectivity index (χ0n) is 14.7. The SMILES string of the molecule is O=C(/C=C/c1ccc(S(=O)(=O)N2CCN(c3ccccc3)CC2)cc1)NO. The Labute approximate surface area is 158 Å². The Morgan fingerprint density at radius 3 is 2.19 bits per heavy atom. The molecule has 1 amide bonds. The van der Waals surface area contributed by atoms with E-state index in [0.717, 1.165) is 11.8 Å². The van der Waals surface area contributed by atoms with Crippen molar-refractivity contribution in [1.82, 2.24) is 9.79 Å². The molecular formula is C19H21N3O4S. The molecule has 27 heavy (non-hydrogen) atoms. The van der Waals surface area contributed by atoms with Crippen molar-refractivity contribution in [2.24, 2.45) is 0 Å². The summed E-state index contributed by atoms with van der Waals surface area (Å²) in [5, 5.41) is 8.46. The van der Waals surface area contributed by atoms with E-state index in [-0.39, 0.29) is 4.90 Å². The molecule has 1 heterocycles. The van der Waals surface area contributed by atoms with E-state index < -0.39 is 15.9 Å². The molecule has 142 valence electrons. The molecule has 1 saturated heterocycles. The van der Waals surface area contributed by atoms with Crippen LogP contribution < -0.4 is 10.4 Å². The molecule has 3 rings (SSSR count). The summed E-state index contributed by atoms with van der Waals surface area (Å²) in [6.45, 7) is 2.13. The number of benzene rings is 2. The summed E-state index contributed by atoms with van der Waals surface area (Å²) in [7, 11) is -3.56. The number of anilines is 1. The van der Waals surface area contributed by atoms with Gasteiger partial charge in [0.05, 0.1) is 4.90 Å². The number of amides is 1. The number of hydrogen-bond donors (Lipinski definition) is 2. The van der Waals surface area contributed by atoms with Crippen molar-refractivity contribution < 1.29 is 18.4 Å². The second-order valence-corrected chi connectivity index (χ2v) is 8.04. The molecular weight excluding hydrogens is 366 g/mol. The van der Waals surface area contributed by atoms with Crippen LogP contribution in [0.15, 0.2) is 65.6 Å². The fourth-order valence-corrected chi connectivity index (χ4v) is 4.36. The van der Waals surface area contributed by atoms with Crippen LogP contribution in [0.2, 0.25) is 0 Å². The molecule has 0 radical (unpaired) electrons. The summed E-state index contributed by atoms with van der Waals surface area (Å²) in [5.41, 5.74) is 3.25. The first-order valence-electron chi connectivity index (χ1n) is 8.53. The van der Waals surface area contributed by atoms with Crippen LogP contribution in [0.4, 0.5) is 5.69 Å². The highest BCUT2D eigenvalue weighted by atomic mass is 32.2. The Hall–Kier alpha value is -2.68. The quantitative estimate of drug-likeness (QED) is 0.463. The summed E-state index contributed by atoms with van der Waals surface area (Å²) >= 11 is 0. The van der Waals surface area contributed by atoms with Gasteiger partial charge in [0.2, 0.25) is 10.0 Å². The first kappa shape index (κ1) is 19.1. The van der Waals surface area contributed by atoms with E-state index in [0.29, 0.717) is 31.7 Å². The highest BCUT2D eigenvalue weighted by Gasteiger charge is 2.28. The number of nitrogens with zero attached hydrogens (tertiary/aromatic N) is 2. The third-order valence-corrected chi connectivity index (χ3v) is 6.33. The van der Waals surface area contributed by atoms with Gasteiger partial charge in [-0.3, -0.25) is 10.0 Å². The van der Waals surface area contributed by atoms with Gasteiger partial charge in [-0.1, -0.05) is 30.3 Å². The lowest BCUT2D eigenvalue weighted by molar-refractivity contribution is -0.124. The summed E-state index contributed by atoms with van der Waals surface area (Å²) < 4.78 is 27.2. The Balaban J connectivity index is 1.66. The van der Waals surface area contributed by atoms with Crippen LogP contribution in [0.1, 0.15) is 5.56 Å². The van der Waals surface area contributed by atoms with Crippen molar-refractivity contribution in [3.63, 3.8) is 0 Å². The number of hydroxylamine groups is 1. The zero-order valence-corrected chi connectivity index (χ0v) is 15.5. The lowest BCUT2D eigenvalue weighted by Gasteiger charge is -2.35. The number of para-hydroxylation sites is 1. The van der Waals surface area contributed by atoms with Gasteiger partial charge in [0, 0.05) is 37.9 Å². The van der Waals surface area contributed by atoms with Gasteiger partial charge in [-0.2, -0.15) is 4.31 Å². The van der Waals surface area contributed by atoms with Crippen LogP contribution in [-0.4, -0.2) is 50.0 Å². The number of piperazine rings is 1. The van der Waals surface area contributed by atoms with Crippen LogP contribution in [-0.2, 0) is 14.8 Å². The third kappa shape index (κ3) is 4.54. The van der Waals surface area contributed by atoms with Crippen molar-refractivity contribution >= 4 is 27.7 Å². The van der Waals surface area contributed by atoms with Gasteiger partial charge >= 0.3 is 0 Å². The largest absolute Gasteiger partial charge is 0.369 e. The second kappa shape index (κ2) is 8.34. The number of carbonyl (C=O) groups excluding carboxylic acids is 1. The zero-order chi connectivity index (χ0) is 19.3. The fourth-order valence-electron chi connectivity index (χ4n) is 2.93. The average Bonchev–Trinajstić information content (AvgIpc) is 2.73. The molecule has 8 heteroatoms. The van der Waals surface area contributed by atoms with Crippen LogP contribution in [0.25, 0.3) is 6.08 Å². The molecule has 0 aromatic heterocycles. The minimum Gasteiger partial charge on any atom is -0.369 e. The standard InChI is InChI=1S/C19H21N3O4S/c23-19(20-24)11-8-16-6-9-18(10-7-16)27(25,26)22-14-12-21(13-15-22)17-4-2-1-3-5-17/h1-11,24H,12-15H2,(H,20,23)/b11-8+. The maximum Gasteiger partial charge on any atom is 0.267 e. The molecule has 2 N–H and O–H groups in total. The number of carbonyl (C=O) groups is 1. The van der Waals surface area contributed by atoms with Crippen molar-refractivity contribution in [3.8, 4) is 0 Å². The summed E-state index contributed by atoms with van der Waals surface area (Å²) in [4.78, 5) is 13.4. The van der Waals surface area contributed by atoms with E-state index in [4.69, 9.17) is 5.21 Å². The smallest absolute Gasteiger partial charge is 0.267 e. The molecule has 0 saturated carbocycles. The predicted molar refractivity (Wildman–Crippen MR) is 103 cm³/mol. The van der Waals surface area contributed by atoms with Gasteiger partial charge in [-0.05, 0) is 35.9 Å². The molecule has 1 aliphatic heterocycles. The molecule has 2 aromatic rings. The molecule has 2 aromatic carbocycles. The molecule has 0 spiro atoms. The van der Waals surface area contributed by atoms with Gasteiger partial charge in [-0.25, -0.2) is 13.9 Å². The predicted octanol–water partition coefficient (Wildman–Crippen LogP) is 1.72. The van der Waals surface area contributed by atoms with Crippen LogP contribution in [0.5, 0.6) is 0 Å². The third-order valence-electron chi connectivity index (χ3n) is 4.42. The van der Waals surface area contributed by atoms with Gasteiger partial charge in [0.1, 0.15) is 0 Å². The highest BCUT2D eigenvalue weighted by molar-refractivity contribution is 7.89. The Bertz CT molecular complexity index is 904. The highest BCUT2D eigenvalue weighted by Crippen LogP contribution is 2.21. The number of sulfonamides is 1. The topological polar surface area (TPSA) is 90.0 Å². The lowest BCUT2D eigenvalue weighted by Crippen LogP contribution is -2.48. The maximum atomic E-state index is 12.8. The maximum absolute atomic E-state index is 12.8. The molecule has 0 bridgehead atoms. The minimum atomic E-state index is -3.56. The van der Waals surface area contributed by atoms with E-state index in [1.165, 1.54) is 28.0 Å².